The topological polar surface area (TPSA) is 55.0 Å². The summed E-state index contributed by atoms with van der Waals surface area (Å²) in [6.07, 6.45) is 3.60. The first-order chi connectivity index (χ1) is 8.66. The molecule has 0 aromatic carbocycles. The Labute approximate surface area is 107 Å². The normalized spacial score (nSPS) is 12.2. The second-order valence-electron chi connectivity index (χ2n) is 4.41. The van der Waals surface area contributed by atoms with E-state index in [2.05, 4.69) is 14.9 Å². The van der Waals surface area contributed by atoms with Crippen LogP contribution in [0.3, 0.4) is 0 Å². The maximum atomic E-state index is 5.88. The molecule has 0 aliphatic rings. The van der Waals surface area contributed by atoms with E-state index in [4.69, 9.17) is 5.73 Å². The summed E-state index contributed by atoms with van der Waals surface area (Å²) >= 11 is 0. The van der Waals surface area contributed by atoms with Crippen molar-refractivity contribution >= 4 is 5.82 Å². The van der Waals surface area contributed by atoms with E-state index in [1.807, 2.05) is 44.3 Å². The van der Waals surface area contributed by atoms with Gasteiger partial charge in [0.05, 0.1) is 12.2 Å². The van der Waals surface area contributed by atoms with Crippen LogP contribution in [0.15, 0.2) is 42.7 Å². The molecule has 2 rings (SSSR count). The molecule has 2 aromatic heterocycles. The zero-order valence-electron chi connectivity index (χ0n) is 10.7. The van der Waals surface area contributed by atoms with Gasteiger partial charge in [-0.05, 0) is 36.8 Å². The van der Waals surface area contributed by atoms with E-state index < -0.39 is 0 Å². The largest absolute Gasteiger partial charge is 0.354 e. The van der Waals surface area contributed by atoms with E-state index in [-0.39, 0.29) is 6.04 Å². The van der Waals surface area contributed by atoms with Crippen LogP contribution in [0, 0.1) is 0 Å². The molecular weight excluding hydrogens is 224 g/mol. The summed E-state index contributed by atoms with van der Waals surface area (Å²) in [5.74, 6) is 0.912. The predicted octanol–water partition coefficient (Wildman–Crippen LogP) is 2.13. The van der Waals surface area contributed by atoms with Crippen LogP contribution in [0.4, 0.5) is 5.82 Å². The average molecular weight is 242 g/mol. The Balaban J connectivity index is 2.14. The molecule has 0 aliphatic heterocycles. The molecule has 0 unspecified atom stereocenters. The van der Waals surface area contributed by atoms with Crippen LogP contribution in [0.1, 0.15) is 24.2 Å². The number of nitrogens with two attached hydrogens (primary N) is 1. The minimum absolute atomic E-state index is 0.0231. The Morgan fingerprint density at radius 3 is 2.72 bits per heavy atom. The van der Waals surface area contributed by atoms with Crippen molar-refractivity contribution in [3.8, 4) is 0 Å². The number of hydrogen-bond acceptors (Lipinski definition) is 4. The third-order valence-corrected chi connectivity index (χ3v) is 2.81. The molecule has 0 aliphatic carbocycles. The molecule has 2 aromatic rings. The lowest BCUT2D eigenvalue weighted by molar-refractivity contribution is 0.806. The molecule has 0 spiro atoms. The molecular formula is C14H18N4. The first kappa shape index (κ1) is 12.5. The number of hydrogen-bond donors (Lipinski definition) is 1. The third kappa shape index (κ3) is 3.05. The quantitative estimate of drug-likeness (QED) is 0.892. The summed E-state index contributed by atoms with van der Waals surface area (Å²) in [4.78, 5) is 10.7. The van der Waals surface area contributed by atoms with E-state index in [9.17, 15) is 0 Å². The van der Waals surface area contributed by atoms with Crippen molar-refractivity contribution in [1.29, 1.82) is 0 Å². The van der Waals surface area contributed by atoms with E-state index in [1.165, 1.54) is 0 Å². The lowest BCUT2D eigenvalue weighted by atomic mass is 10.1. The minimum atomic E-state index is 0.0231. The van der Waals surface area contributed by atoms with Gasteiger partial charge in [-0.15, -0.1) is 0 Å². The van der Waals surface area contributed by atoms with Gasteiger partial charge in [0.1, 0.15) is 5.82 Å². The predicted molar refractivity (Wildman–Crippen MR) is 73.2 cm³/mol. The van der Waals surface area contributed by atoms with Crippen LogP contribution < -0.4 is 10.6 Å². The van der Waals surface area contributed by atoms with Crippen molar-refractivity contribution in [2.75, 3.05) is 11.9 Å². The standard InChI is InChI=1S/C14H18N4/c1-11(15)12-6-8-17-14(9-12)18(2)10-13-5-3-4-7-16-13/h3-9,11H,10,15H2,1-2H3/t11-/m1/s1. The van der Waals surface area contributed by atoms with Crippen LogP contribution >= 0.6 is 0 Å². The van der Waals surface area contributed by atoms with Gasteiger partial charge >= 0.3 is 0 Å². The molecule has 0 saturated carbocycles. The Morgan fingerprint density at radius 2 is 2.06 bits per heavy atom. The molecule has 94 valence electrons. The summed E-state index contributed by atoms with van der Waals surface area (Å²) in [7, 11) is 2.00. The fourth-order valence-electron chi connectivity index (χ4n) is 1.74. The molecule has 4 nitrogen and oxygen atoms in total. The summed E-state index contributed by atoms with van der Waals surface area (Å²) in [6.45, 7) is 2.70. The second-order valence-corrected chi connectivity index (χ2v) is 4.41. The van der Waals surface area contributed by atoms with Crippen LogP contribution in [-0.4, -0.2) is 17.0 Å². The third-order valence-electron chi connectivity index (χ3n) is 2.81. The highest BCUT2D eigenvalue weighted by molar-refractivity contribution is 5.41. The molecule has 0 fully saturated rings. The van der Waals surface area contributed by atoms with Gasteiger partial charge in [0, 0.05) is 25.5 Å². The van der Waals surface area contributed by atoms with Gasteiger partial charge in [-0.3, -0.25) is 4.98 Å². The first-order valence-corrected chi connectivity index (χ1v) is 5.99. The van der Waals surface area contributed by atoms with E-state index >= 15 is 0 Å². The highest BCUT2D eigenvalue weighted by Crippen LogP contribution is 2.16. The average Bonchev–Trinajstić information content (AvgIpc) is 2.40. The molecule has 1 atom stereocenters. The van der Waals surface area contributed by atoms with Gasteiger partial charge in [0.25, 0.3) is 0 Å². The van der Waals surface area contributed by atoms with Crippen molar-refractivity contribution in [2.24, 2.45) is 5.73 Å². The smallest absolute Gasteiger partial charge is 0.128 e. The summed E-state index contributed by atoms with van der Waals surface area (Å²) < 4.78 is 0. The summed E-state index contributed by atoms with van der Waals surface area (Å²) in [6, 6.07) is 9.90. The lowest BCUT2D eigenvalue weighted by Crippen LogP contribution is -2.19. The van der Waals surface area contributed by atoms with Crippen molar-refractivity contribution in [2.45, 2.75) is 19.5 Å². The molecule has 0 amide bonds. The minimum Gasteiger partial charge on any atom is -0.354 e. The van der Waals surface area contributed by atoms with Crippen LogP contribution in [0.5, 0.6) is 0 Å². The zero-order chi connectivity index (χ0) is 13.0. The second kappa shape index (κ2) is 5.60. The van der Waals surface area contributed by atoms with E-state index in [0.717, 1.165) is 23.6 Å². The van der Waals surface area contributed by atoms with Gasteiger partial charge < -0.3 is 10.6 Å². The lowest BCUT2D eigenvalue weighted by Gasteiger charge is -2.18. The zero-order valence-corrected chi connectivity index (χ0v) is 10.7. The maximum absolute atomic E-state index is 5.88. The van der Waals surface area contributed by atoms with Gasteiger partial charge in [0.15, 0.2) is 0 Å². The molecule has 0 saturated heterocycles. The highest BCUT2D eigenvalue weighted by Gasteiger charge is 2.06. The van der Waals surface area contributed by atoms with Gasteiger partial charge in [-0.1, -0.05) is 6.07 Å². The number of pyridine rings is 2. The van der Waals surface area contributed by atoms with Crippen molar-refractivity contribution in [1.82, 2.24) is 9.97 Å². The van der Waals surface area contributed by atoms with Crippen molar-refractivity contribution in [3.05, 3.63) is 54.0 Å². The molecule has 2 heterocycles. The van der Waals surface area contributed by atoms with Crippen LogP contribution in [-0.2, 0) is 6.54 Å². The van der Waals surface area contributed by atoms with Crippen LogP contribution in [0.2, 0.25) is 0 Å². The molecule has 0 radical (unpaired) electrons. The molecule has 4 heteroatoms. The van der Waals surface area contributed by atoms with Gasteiger partial charge in [-0.2, -0.15) is 0 Å². The van der Waals surface area contributed by atoms with E-state index in [0.29, 0.717) is 0 Å². The van der Waals surface area contributed by atoms with Gasteiger partial charge in [0.2, 0.25) is 0 Å². The number of rotatable bonds is 4. The monoisotopic (exact) mass is 242 g/mol. The Bertz CT molecular complexity index is 496. The number of anilines is 1. The van der Waals surface area contributed by atoms with Crippen LogP contribution in [0.25, 0.3) is 0 Å². The fourth-order valence-corrected chi connectivity index (χ4v) is 1.74. The number of nitrogens with zero attached hydrogens (tertiary/aromatic N) is 3. The summed E-state index contributed by atoms with van der Waals surface area (Å²) in [5.41, 5.74) is 7.99. The highest BCUT2D eigenvalue weighted by atomic mass is 15.2. The maximum Gasteiger partial charge on any atom is 0.128 e. The number of aromatic nitrogens is 2. The van der Waals surface area contributed by atoms with Crippen molar-refractivity contribution < 1.29 is 0 Å². The SMILES string of the molecule is C[C@@H](N)c1ccnc(N(C)Cc2ccccn2)c1. The fraction of sp³-hybridized carbons (Fsp3) is 0.286. The molecule has 2 N–H and O–H groups in total. The van der Waals surface area contributed by atoms with Gasteiger partial charge in [-0.25, -0.2) is 4.98 Å². The Morgan fingerprint density at radius 1 is 1.22 bits per heavy atom. The van der Waals surface area contributed by atoms with Crippen molar-refractivity contribution in [3.63, 3.8) is 0 Å². The Kier molecular flexibility index (Phi) is 3.89. The summed E-state index contributed by atoms with van der Waals surface area (Å²) in [5, 5.41) is 0. The molecule has 0 bridgehead atoms. The van der Waals surface area contributed by atoms with E-state index in [1.54, 1.807) is 12.4 Å². The Hall–Kier alpha value is -1.94. The molecule has 18 heavy (non-hydrogen) atoms. The first-order valence-electron chi connectivity index (χ1n) is 5.99.